The zero-order valence-corrected chi connectivity index (χ0v) is 14.7. The third-order valence-corrected chi connectivity index (χ3v) is 6.41. The number of rotatable bonds is 4. The number of aromatic nitrogens is 2. The molecule has 2 bridgehead atoms. The van der Waals surface area contributed by atoms with Crippen LogP contribution in [0.15, 0.2) is 24.3 Å². The highest BCUT2D eigenvalue weighted by molar-refractivity contribution is 5.38. The molecule has 25 heavy (non-hydrogen) atoms. The molecule has 0 amide bonds. The lowest BCUT2D eigenvalue weighted by molar-refractivity contribution is 0.0189. The first-order chi connectivity index (χ1) is 12.3. The Kier molecular flexibility index (Phi) is 3.81. The van der Waals surface area contributed by atoms with Crippen LogP contribution in [-0.2, 0) is 0 Å². The van der Waals surface area contributed by atoms with Crippen LogP contribution in [-0.4, -0.2) is 46.1 Å². The molecule has 6 nitrogen and oxygen atoms in total. The van der Waals surface area contributed by atoms with Gasteiger partial charge >= 0.3 is 0 Å². The molecule has 0 unspecified atom stereocenters. The van der Waals surface area contributed by atoms with Crippen LogP contribution in [0.3, 0.4) is 0 Å². The number of nitrogens with one attached hydrogen (secondary N) is 2. The minimum Gasteiger partial charge on any atom is -0.487 e. The lowest BCUT2D eigenvalue weighted by Gasteiger charge is -2.52. The van der Waals surface area contributed by atoms with Gasteiger partial charge in [0, 0.05) is 6.54 Å². The molecule has 134 valence electrons. The van der Waals surface area contributed by atoms with Gasteiger partial charge in [-0.3, -0.25) is 0 Å². The van der Waals surface area contributed by atoms with Gasteiger partial charge in [0.05, 0.1) is 24.0 Å². The van der Waals surface area contributed by atoms with E-state index in [1.807, 2.05) is 0 Å². The van der Waals surface area contributed by atoms with Crippen LogP contribution in [0.1, 0.15) is 44.9 Å². The number of nitrogens with zero attached hydrogens (tertiary/aromatic N) is 3. The highest BCUT2D eigenvalue weighted by Crippen LogP contribution is 2.41. The van der Waals surface area contributed by atoms with E-state index in [-0.39, 0.29) is 5.54 Å². The Bertz CT molecular complexity index is 646. The standard InChI is InChI=1S/C19H27N5O/c1-2-4-15(3-1)25-16-11-20-18(21-12-16)22-17-5-8-19(23-17)13-24-9-6-14(19)7-10-24/h5,11-12,14-15,23H,1-4,6-10,13H2,(H,20,21,22)/t19-/m0/s1. The molecular formula is C19H27N5O. The summed E-state index contributed by atoms with van der Waals surface area (Å²) in [6.07, 6.45) is 14.8. The van der Waals surface area contributed by atoms with Gasteiger partial charge in [0.25, 0.3) is 0 Å². The molecule has 1 spiro atoms. The molecule has 0 aromatic carbocycles. The molecule has 1 aromatic rings. The molecule has 0 radical (unpaired) electrons. The van der Waals surface area contributed by atoms with E-state index < -0.39 is 0 Å². The zero-order chi connectivity index (χ0) is 16.7. The van der Waals surface area contributed by atoms with Crippen molar-refractivity contribution in [2.24, 2.45) is 5.92 Å². The van der Waals surface area contributed by atoms with Crippen LogP contribution in [0.5, 0.6) is 5.75 Å². The number of ether oxygens (including phenoxy) is 1. The quantitative estimate of drug-likeness (QED) is 0.877. The first-order valence-electron chi connectivity index (χ1n) is 9.76. The zero-order valence-electron chi connectivity index (χ0n) is 14.7. The van der Waals surface area contributed by atoms with Crippen LogP contribution >= 0.6 is 0 Å². The predicted molar refractivity (Wildman–Crippen MR) is 96.3 cm³/mol. The fourth-order valence-corrected chi connectivity index (χ4v) is 5.04. The van der Waals surface area contributed by atoms with Crippen molar-refractivity contribution in [3.8, 4) is 5.75 Å². The average molecular weight is 341 g/mol. The highest BCUT2D eigenvalue weighted by atomic mass is 16.5. The second kappa shape index (κ2) is 6.16. The lowest BCUT2D eigenvalue weighted by Crippen LogP contribution is -2.64. The van der Waals surface area contributed by atoms with E-state index in [0.29, 0.717) is 12.1 Å². The third kappa shape index (κ3) is 2.97. The topological polar surface area (TPSA) is 62.3 Å². The number of piperidine rings is 3. The Balaban J connectivity index is 1.20. The van der Waals surface area contributed by atoms with E-state index in [9.17, 15) is 0 Å². The highest BCUT2D eigenvalue weighted by Gasteiger charge is 2.48. The van der Waals surface area contributed by atoms with Gasteiger partial charge in [-0.25, -0.2) is 9.97 Å². The second-order valence-electron chi connectivity index (χ2n) is 8.05. The van der Waals surface area contributed by atoms with E-state index in [1.165, 1.54) is 38.8 Å². The van der Waals surface area contributed by atoms with Crippen molar-refractivity contribution >= 4 is 5.95 Å². The van der Waals surface area contributed by atoms with Gasteiger partial charge in [0.1, 0.15) is 5.82 Å². The molecule has 5 aliphatic rings. The molecule has 2 N–H and O–H groups in total. The molecule has 1 aromatic heterocycles. The van der Waals surface area contributed by atoms with Crippen molar-refractivity contribution in [2.45, 2.75) is 56.6 Å². The fraction of sp³-hybridized carbons (Fsp3) is 0.684. The molecule has 1 atom stereocenters. The van der Waals surface area contributed by atoms with Crippen LogP contribution in [0.25, 0.3) is 0 Å². The van der Waals surface area contributed by atoms with E-state index in [4.69, 9.17) is 4.74 Å². The fourth-order valence-electron chi connectivity index (χ4n) is 5.04. The smallest absolute Gasteiger partial charge is 0.228 e. The molecule has 6 rings (SSSR count). The third-order valence-electron chi connectivity index (χ3n) is 6.41. The van der Waals surface area contributed by atoms with E-state index in [1.54, 1.807) is 12.4 Å². The average Bonchev–Trinajstić information content (AvgIpc) is 3.28. The number of hydrogen-bond acceptors (Lipinski definition) is 6. The molecule has 3 saturated heterocycles. The maximum Gasteiger partial charge on any atom is 0.228 e. The predicted octanol–water partition coefficient (Wildman–Crippen LogP) is 2.51. The Hall–Kier alpha value is -1.82. The summed E-state index contributed by atoms with van der Waals surface area (Å²) >= 11 is 0. The number of hydrogen-bond donors (Lipinski definition) is 2. The van der Waals surface area contributed by atoms with Crippen molar-refractivity contribution in [3.63, 3.8) is 0 Å². The van der Waals surface area contributed by atoms with Crippen LogP contribution in [0, 0.1) is 5.92 Å². The number of fused-ring (bicyclic) bond motifs is 2. The van der Waals surface area contributed by atoms with E-state index in [0.717, 1.165) is 43.3 Å². The first-order valence-corrected chi connectivity index (χ1v) is 9.76. The van der Waals surface area contributed by atoms with E-state index in [2.05, 4.69) is 31.6 Å². The van der Waals surface area contributed by atoms with Gasteiger partial charge in [-0.15, -0.1) is 0 Å². The van der Waals surface area contributed by atoms with E-state index >= 15 is 0 Å². The van der Waals surface area contributed by atoms with Gasteiger partial charge in [-0.1, -0.05) is 0 Å². The molecule has 1 aliphatic carbocycles. The van der Waals surface area contributed by atoms with Crippen molar-refractivity contribution in [1.82, 2.24) is 20.2 Å². The Morgan fingerprint density at radius 1 is 1.12 bits per heavy atom. The van der Waals surface area contributed by atoms with Gasteiger partial charge < -0.3 is 20.3 Å². The summed E-state index contributed by atoms with van der Waals surface area (Å²) in [5.41, 5.74) is 0.227. The normalized spacial score (nSPS) is 34.2. The Labute approximate surface area is 149 Å². The molecule has 1 saturated carbocycles. The van der Waals surface area contributed by atoms with Gasteiger partial charge in [-0.05, 0) is 70.0 Å². The van der Waals surface area contributed by atoms with Crippen molar-refractivity contribution in [3.05, 3.63) is 24.3 Å². The number of anilines is 1. The van der Waals surface area contributed by atoms with Crippen LogP contribution < -0.4 is 15.4 Å². The summed E-state index contributed by atoms with van der Waals surface area (Å²) in [5, 5.41) is 7.10. The van der Waals surface area contributed by atoms with Crippen molar-refractivity contribution in [1.29, 1.82) is 0 Å². The lowest BCUT2D eigenvalue weighted by atomic mass is 9.72. The maximum absolute atomic E-state index is 5.94. The molecule has 4 fully saturated rings. The van der Waals surface area contributed by atoms with Crippen molar-refractivity contribution < 1.29 is 4.74 Å². The van der Waals surface area contributed by atoms with Crippen LogP contribution in [0.2, 0.25) is 0 Å². The Morgan fingerprint density at radius 3 is 2.56 bits per heavy atom. The van der Waals surface area contributed by atoms with Crippen molar-refractivity contribution in [2.75, 3.05) is 25.0 Å². The second-order valence-corrected chi connectivity index (χ2v) is 8.05. The molecular weight excluding hydrogens is 314 g/mol. The minimum atomic E-state index is 0.227. The van der Waals surface area contributed by atoms with Gasteiger partial charge in [0.2, 0.25) is 5.95 Å². The molecule has 5 heterocycles. The first kappa shape index (κ1) is 15.4. The minimum absolute atomic E-state index is 0.227. The SMILES string of the molecule is C1=C(Nc2ncc(OC3CCCC3)cn2)N[C@@]2(C1)CN1CCC2CC1. The largest absolute Gasteiger partial charge is 0.487 e. The summed E-state index contributed by atoms with van der Waals surface area (Å²) in [6, 6.07) is 0. The monoisotopic (exact) mass is 341 g/mol. The van der Waals surface area contributed by atoms with Crippen LogP contribution in [0.4, 0.5) is 5.95 Å². The summed E-state index contributed by atoms with van der Waals surface area (Å²) in [4.78, 5) is 11.4. The summed E-state index contributed by atoms with van der Waals surface area (Å²) < 4.78 is 5.94. The molecule has 6 heteroatoms. The van der Waals surface area contributed by atoms with Gasteiger partial charge in [-0.2, -0.15) is 0 Å². The Morgan fingerprint density at radius 2 is 1.88 bits per heavy atom. The summed E-state index contributed by atoms with van der Waals surface area (Å²) in [6.45, 7) is 3.69. The maximum atomic E-state index is 5.94. The summed E-state index contributed by atoms with van der Waals surface area (Å²) in [7, 11) is 0. The molecule has 4 aliphatic heterocycles. The van der Waals surface area contributed by atoms with Gasteiger partial charge in [0.15, 0.2) is 5.75 Å². The summed E-state index contributed by atoms with van der Waals surface area (Å²) in [5.74, 6) is 3.25.